The second-order valence-corrected chi connectivity index (χ2v) is 10.2. The Bertz CT molecular complexity index is 1220. The zero-order chi connectivity index (χ0) is 25.8. The Morgan fingerprint density at radius 1 is 1.11 bits per heavy atom. The minimum Gasteiger partial charge on any atom is -0.463 e. The van der Waals surface area contributed by atoms with Gasteiger partial charge in [-0.3, -0.25) is 4.79 Å². The predicted octanol–water partition coefficient (Wildman–Crippen LogP) is 6.00. The van der Waals surface area contributed by atoms with E-state index >= 15 is 0 Å². The van der Waals surface area contributed by atoms with Crippen molar-refractivity contribution >= 4 is 28.8 Å². The third-order valence-corrected chi connectivity index (χ3v) is 7.32. The molecular formula is C29H33N3O3S. The van der Waals surface area contributed by atoms with Crippen molar-refractivity contribution in [3.8, 4) is 0 Å². The second kappa shape index (κ2) is 11.2. The molecule has 188 valence electrons. The Morgan fingerprint density at radius 2 is 1.81 bits per heavy atom. The third kappa shape index (κ3) is 5.41. The largest absolute Gasteiger partial charge is 0.463 e. The van der Waals surface area contributed by atoms with Crippen molar-refractivity contribution < 1.29 is 14.3 Å². The molecule has 2 aromatic carbocycles. The van der Waals surface area contributed by atoms with Crippen LogP contribution in [0.4, 0.5) is 0 Å². The van der Waals surface area contributed by atoms with Crippen molar-refractivity contribution in [2.24, 2.45) is 4.99 Å². The molecule has 0 aliphatic carbocycles. The summed E-state index contributed by atoms with van der Waals surface area (Å²) in [5.41, 5.74) is 5.26. The molecule has 4 rings (SSSR count). The van der Waals surface area contributed by atoms with Crippen LogP contribution in [0.2, 0.25) is 0 Å². The lowest BCUT2D eigenvalue weighted by Crippen LogP contribution is -2.38. The number of carbonyl (C=O) groups is 2. The lowest BCUT2D eigenvalue weighted by Gasteiger charge is -2.36. The first-order chi connectivity index (χ1) is 17.3. The van der Waals surface area contributed by atoms with Gasteiger partial charge in [-0.1, -0.05) is 80.2 Å². The van der Waals surface area contributed by atoms with E-state index < -0.39 is 6.04 Å². The summed E-state index contributed by atoms with van der Waals surface area (Å²) in [5, 5.41) is 2.75. The van der Waals surface area contributed by atoms with Gasteiger partial charge in [0, 0.05) is 19.3 Å². The van der Waals surface area contributed by atoms with E-state index in [2.05, 4.69) is 38.1 Å². The fourth-order valence-electron chi connectivity index (χ4n) is 4.45. The topological polar surface area (TPSA) is 62.2 Å². The van der Waals surface area contributed by atoms with E-state index in [1.54, 1.807) is 11.8 Å². The number of carbonyl (C=O) groups excluding carboxylic acids is 2. The number of hydrogen-bond donors (Lipinski definition) is 0. The van der Waals surface area contributed by atoms with Crippen LogP contribution in [0.1, 0.15) is 62.8 Å². The molecular weight excluding hydrogens is 470 g/mol. The van der Waals surface area contributed by atoms with Crippen molar-refractivity contribution in [2.45, 2.75) is 52.6 Å². The molecule has 2 aromatic rings. The number of aliphatic imine (C=N–C) groups is 1. The van der Waals surface area contributed by atoms with Crippen LogP contribution >= 0.6 is 11.8 Å². The average Bonchev–Trinajstić information content (AvgIpc) is 3.25. The average molecular weight is 504 g/mol. The summed E-state index contributed by atoms with van der Waals surface area (Å²) < 4.78 is 5.44. The van der Waals surface area contributed by atoms with Gasteiger partial charge < -0.3 is 14.5 Å². The van der Waals surface area contributed by atoms with Gasteiger partial charge in [0.15, 0.2) is 5.17 Å². The van der Waals surface area contributed by atoms with E-state index in [0.29, 0.717) is 23.7 Å². The number of nitrogens with zero attached hydrogens (tertiary/aromatic N) is 3. The van der Waals surface area contributed by atoms with Crippen LogP contribution in [0.5, 0.6) is 0 Å². The first-order valence-electron chi connectivity index (χ1n) is 12.3. The molecule has 0 unspecified atom stereocenters. The van der Waals surface area contributed by atoms with Gasteiger partial charge >= 0.3 is 5.97 Å². The van der Waals surface area contributed by atoms with Gasteiger partial charge in [0.2, 0.25) is 5.91 Å². The van der Waals surface area contributed by atoms with Gasteiger partial charge in [0.1, 0.15) is 0 Å². The molecule has 1 amide bonds. The van der Waals surface area contributed by atoms with Gasteiger partial charge in [-0.25, -0.2) is 9.79 Å². The van der Waals surface area contributed by atoms with Gasteiger partial charge in [0.25, 0.3) is 0 Å². The SMILES string of the molecule is CCOC(=O)C1=C(C)N=C2SC=C(CC(=O)N(C)Cc3ccccc3)N2[C@@H]1c1ccc(C(C)C)cc1. The molecule has 0 saturated heterocycles. The van der Waals surface area contributed by atoms with Crippen LogP contribution in [-0.4, -0.2) is 40.5 Å². The Hall–Kier alpha value is -3.32. The van der Waals surface area contributed by atoms with Crippen molar-refractivity contribution in [3.05, 3.63) is 93.7 Å². The van der Waals surface area contributed by atoms with E-state index in [9.17, 15) is 9.59 Å². The zero-order valence-electron chi connectivity index (χ0n) is 21.5. The molecule has 0 bridgehead atoms. The smallest absolute Gasteiger partial charge is 0.338 e. The van der Waals surface area contributed by atoms with Gasteiger partial charge in [0.05, 0.1) is 30.3 Å². The van der Waals surface area contributed by atoms with E-state index in [0.717, 1.165) is 22.0 Å². The fourth-order valence-corrected chi connectivity index (χ4v) is 5.42. The molecule has 0 N–H and O–H groups in total. The molecule has 2 aliphatic heterocycles. The molecule has 0 fully saturated rings. The summed E-state index contributed by atoms with van der Waals surface area (Å²) in [4.78, 5) is 34.8. The van der Waals surface area contributed by atoms with Crippen LogP contribution in [0.3, 0.4) is 0 Å². The Morgan fingerprint density at radius 3 is 2.44 bits per heavy atom. The van der Waals surface area contributed by atoms with Crippen molar-refractivity contribution in [2.75, 3.05) is 13.7 Å². The number of benzene rings is 2. The second-order valence-electron chi connectivity index (χ2n) is 9.35. The highest BCUT2D eigenvalue weighted by molar-refractivity contribution is 8.16. The van der Waals surface area contributed by atoms with Gasteiger partial charge in [-0.2, -0.15) is 0 Å². The lowest BCUT2D eigenvalue weighted by molar-refractivity contribution is -0.139. The predicted molar refractivity (Wildman–Crippen MR) is 145 cm³/mol. The molecule has 36 heavy (non-hydrogen) atoms. The lowest BCUT2D eigenvalue weighted by atomic mass is 9.92. The van der Waals surface area contributed by atoms with E-state index in [1.807, 2.05) is 54.6 Å². The van der Waals surface area contributed by atoms with Crippen LogP contribution in [0.25, 0.3) is 0 Å². The van der Waals surface area contributed by atoms with Crippen LogP contribution in [0.15, 0.2) is 82.0 Å². The molecule has 0 saturated carbocycles. The molecule has 0 radical (unpaired) electrons. The fraction of sp³-hybridized carbons (Fsp3) is 0.345. The van der Waals surface area contributed by atoms with Crippen LogP contribution in [0, 0.1) is 0 Å². The maximum absolute atomic E-state index is 13.2. The molecule has 6 nitrogen and oxygen atoms in total. The van der Waals surface area contributed by atoms with Crippen molar-refractivity contribution in [3.63, 3.8) is 0 Å². The minimum atomic E-state index is -0.411. The number of amides is 1. The molecule has 7 heteroatoms. The van der Waals surface area contributed by atoms with Gasteiger partial charge in [-0.15, -0.1) is 0 Å². The number of fused-ring (bicyclic) bond motifs is 1. The monoisotopic (exact) mass is 503 g/mol. The third-order valence-electron chi connectivity index (χ3n) is 6.44. The first kappa shape index (κ1) is 25.8. The Balaban J connectivity index is 1.64. The summed E-state index contributed by atoms with van der Waals surface area (Å²) in [6.07, 6.45) is 0.213. The maximum atomic E-state index is 13.2. The Labute approximate surface area is 217 Å². The van der Waals surface area contributed by atoms with Crippen molar-refractivity contribution in [1.29, 1.82) is 0 Å². The molecule has 1 atom stereocenters. The summed E-state index contributed by atoms with van der Waals surface area (Å²) >= 11 is 1.49. The standard InChI is InChI=1S/C29H33N3O3S/c1-6-35-28(34)26-20(4)30-29-32(27(26)23-14-12-22(13-15-23)19(2)3)24(18-36-29)16-25(33)31(5)17-21-10-8-7-9-11-21/h7-15,18-19,27H,6,16-17H2,1-5H3/t27-/m1/s1. The maximum Gasteiger partial charge on any atom is 0.338 e. The van der Waals surface area contributed by atoms with Crippen LogP contribution < -0.4 is 0 Å². The van der Waals surface area contributed by atoms with E-state index in [1.165, 1.54) is 17.3 Å². The number of hydrogen-bond acceptors (Lipinski definition) is 6. The number of esters is 1. The normalized spacial score (nSPS) is 17.1. The summed E-state index contributed by atoms with van der Waals surface area (Å²) in [6, 6.07) is 17.9. The quantitative estimate of drug-likeness (QED) is 0.414. The highest BCUT2D eigenvalue weighted by atomic mass is 32.2. The highest BCUT2D eigenvalue weighted by Gasteiger charge is 2.41. The first-order valence-corrected chi connectivity index (χ1v) is 13.2. The summed E-state index contributed by atoms with van der Waals surface area (Å²) in [5.74, 6) is 0.0317. The number of allylic oxidation sites excluding steroid dienone is 1. The number of ether oxygens (including phenoxy) is 1. The minimum absolute atomic E-state index is 0.00446. The van der Waals surface area contributed by atoms with Gasteiger partial charge in [-0.05, 0) is 41.9 Å². The molecule has 0 spiro atoms. The Kier molecular flexibility index (Phi) is 7.99. The number of amidine groups is 1. The highest BCUT2D eigenvalue weighted by Crippen LogP contribution is 2.45. The molecule has 2 heterocycles. The van der Waals surface area contributed by atoms with E-state index in [-0.39, 0.29) is 24.9 Å². The molecule has 2 aliphatic rings. The van der Waals surface area contributed by atoms with E-state index in [4.69, 9.17) is 9.73 Å². The zero-order valence-corrected chi connectivity index (χ0v) is 22.3. The van der Waals surface area contributed by atoms with Crippen LogP contribution in [-0.2, 0) is 20.9 Å². The summed E-state index contributed by atoms with van der Waals surface area (Å²) in [7, 11) is 1.82. The van der Waals surface area contributed by atoms with Crippen molar-refractivity contribution in [1.82, 2.24) is 9.80 Å². The molecule has 0 aromatic heterocycles. The number of thioether (sulfide) groups is 1. The number of rotatable bonds is 8. The summed E-state index contributed by atoms with van der Waals surface area (Å²) in [6.45, 7) is 8.78.